The van der Waals surface area contributed by atoms with Gasteiger partial charge >= 0.3 is 0 Å². The van der Waals surface area contributed by atoms with Gasteiger partial charge in [-0.15, -0.1) is 0 Å². The van der Waals surface area contributed by atoms with E-state index in [0.29, 0.717) is 29.4 Å². The summed E-state index contributed by atoms with van der Waals surface area (Å²) in [6, 6.07) is 11.5. The summed E-state index contributed by atoms with van der Waals surface area (Å²) in [5.41, 5.74) is 9.32. The third kappa shape index (κ3) is 2.57. The van der Waals surface area contributed by atoms with Crippen LogP contribution in [0.3, 0.4) is 0 Å². The molecule has 22 heavy (non-hydrogen) atoms. The number of rotatable bonds is 3. The van der Waals surface area contributed by atoms with E-state index in [1.807, 2.05) is 31.2 Å². The van der Waals surface area contributed by atoms with Crippen LogP contribution in [0.25, 0.3) is 0 Å². The van der Waals surface area contributed by atoms with Crippen LogP contribution < -0.4 is 20.1 Å². The third-order valence-corrected chi connectivity index (χ3v) is 3.72. The molecule has 2 N–H and O–H groups in total. The fourth-order valence-electron chi connectivity index (χ4n) is 2.47. The highest BCUT2D eigenvalue weighted by Gasteiger charge is 2.27. The van der Waals surface area contributed by atoms with Crippen molar-refractivity contribution in [3.05, 3.63) is 47.5 Å². The molecule has 114 valence electrons. The molecule has 0 fully saturated rings. The number of anilines is 2. The Morgan fingerprint density at radius 1 is 1.27 bits per heavy atom. The highest BCUT2D eigenvalue weighted by molar-refractivity contribution is 5.98. The van der Waals surface area contributed by atoms with Gasteiger partial charge in [0, 0.05) is 12.1 Å². The van der Waals surface area contributed by atoms with Gasteiger partial charge in [-0.25, -0.2) is 0 Å². The third-order valence-electron chi connectivity index (χ3n) is 3.72. The zero-order chi connectivity index (χ0) is 15.7. The van der Waals surface area contributed by atoms with Gasteiger partial charge in [0.05, 0.1) is 25.0 Å². The Morgan fingerprint density at radius 3 is 2.68 bits per heavy atom. The number of carbonyl (C=O) groups is 1. The normalized spacial score (nSPS) is 13.5. The zero-order valence-electron chi connectivity index (χ0n) is 12.6. The van der Waals surface area contributed by atoms with Crippen molar-refractivity contribution in [1.29, 1.82) is 0 Å². The topological polar surface area (TPSA) is 64.8 Å². The number of methoxy groups -OCH3 is 1. The van der Waals surface area contributed by atoms with E-state index < -0.39 is 0 Å². The quantitative estimate of drug-likeness (QED) is 0.884. The van der Waals surface area contributed by atoms with E-state index in [2.05, 4.69) is 0 Å². The first kappa shape index (κ1) is 14.3. The van der Waals surface area contributed by atoms with Crippen LogP contribution in [0, 0.1) is 6.92 Å². The predicted molar refractivity (Wildman–Crippen MR) is 85.3 cm³/mol. The molecule has 2 aromatic rings. The lowest BCUT2D eigenvalue weighted by atomic mass is 10.1. The van der Waals surface area contributed by atoms with Gasteiger partial charge in [-0.3, -0.25) is 4.79 Å². The van der Waals surface area contributed by atoms with Crippen molar-refractivity contribution in [1.82, 2.24) is 0 Å². The lowest BCUT2D eigenvalue weighted by Gasteiger charge is -2.30. The van der Waals surface area contributed by atoms with Crippen LogP contribution >= 0.6 is 0 Å². The molecule has 0 unspecified atom stereocenters. The number of nitrogens with two attached hydrogens (primary N) is 1. The highest BCUT2D eigenvalue weighted by Crippen LogP contribution is 2.39. The minimum absolute atomic E-state index is 0.0185. The number of hydrogen-bond acceptors (Lipinski definition) is 4. The standard InChI is InChI=1S/C17H18N2O3/c1-11-3-5-12(6-4-11)9-19-14-8-15(21-2)13(18)7-16(14)22-10-17(19)20/h3-8H,9-10,18H2,1-2H3. The molecule has 0 atom stereocenters. The minimum Gasteiger partial charge on any atom is -0.495 e. The molecule has 1 aliphatic rings. The van der Waals surface area contributed by atoms with Crippen molar-refractivity contribution in [2.24, 2.45) is 0 Å². The summed E-state index contributed by atoms with van der Waals surface area (Å²) in [6.45, 7) is 2.54. The molecule has 5 nitrogen and oxygen atoms in total. The second-order valence-corrected chi connectivity index (χ2v) is 5.32. The number of aryl methyl sites for hydroxylation is 1. The second kappa shape index (κ2) is 5.60. The van der Waals surface area contributed by atoms with Crippen molar-refractivity contribution < 1.29 is 14.3 Å². The number of benzene rings is 2. The number of hydrogen-bond donors (Lipinski definition) is 1. The fourth-order valence-corrected chi connectivity index (χ4v) is 2.47. The van der Waals surface area contributed by atoms with Gasteiger partial charge in [-0.2, -0.15) is 0 Å². The predicted octanol–water partition coefficient (Wildman–Crippen LogP) is 2.51. The summed E-state index contributed by atoms with van der Waals surface area (Å²) in [5.74, 6) is 1.05. The molecule has 0 aliphatic carbocycles. The van der Waals surface area contributed by atoms with E-state index in [0.717, 1.165) is 5.56 Å². The van der Waals surface area contributed by atoms with Gasteiger partial charge in [0.2, 0.25) is 0 Å². The molecular weight excluding hydrogens is 280 g/mol. The first-order valence-electron chi connectivity index (χ1n) is 7.04. The summed E-state index contributed by atoms with van der Waals surface area (Å²) in [6.07, 6.45) is 0. The van der Waals surface area contributed by atoms with Gasteiger partial charge in [-0.1, -0.05) is 29.8 Å². The molecule has 1 heterocycles. The molecule has 0 aromatic heterocycles. The zero-order valence-corrected chi connectivity index (χ0v) is 12.6. The van der Waals surface area contributed by atoms with Crippen LogP contribution in [0.2, 0.25) is 0 Å². The van der Waals surface area contributed by atoms with Crippen molar-refractivity contribution in [3.8, 4) is 11.5 Å². The number of fused-ring (bicyclic) bond motifs is 1. The van der Waals surface area contributed by atoms with Gasteiger partial charge in [-0.05, 0) is 12.5 Å². The van der Waals surface area contributed by atoms with Gasteiger partial charge in [0.1, 0.15) is 11.5 Å². The van der Waals surface area contributed by atoms with Gasteiger partial charge in [0.15, 0.2) is 6.61 Å². The molecule has 0 saturated heterocycles. The first-order chi connectivity index (χ1) is 10.6. The van der Waals surface area contributed by atoms with E-state index in [1.54, 1.807) is 24.1 Å². The molecule has 0 spiro atoms. The van der Waals surface area contributed by atoms with E-state index in [9.17, 15) is 4.79 Å². The Labute approximate surface area is 129 Å². The van der Waals surface area contributed by atoms with Gasteiger partial charge in [0.25, 0.3) is 5.91 Å². The van der Waals surface area contributed by atoms with Crippen LogP contribution in [-0.4, -0.2) is 19.6 Å². The van der Waals surface area contributed by atoms with Crippen molar-refractivity contribution in [3.63, 3.8) is 0 Å². The maximum Gasteiger partial charge on any atom is 0.265 e. The number of carbonyl (C=O) groups excluding carboxylic acids is 1. The van der Waals surface area contributed by atoms with Crippen molar-refractivity contribution >= 4 is 17.3 Å². The maximum atomic E-state index is 12.2. The van der Waals surface area contributed by atoms with Crippen LogP contribution in [0.1, 0.15) is 11.1 Å². The largest absolute Gasteiger partial charge is 0.495 e. The summed E-state index contributed by atoms with van der Waals surface area (Å²) in [5, 5.41) is 0. The minimum atomic E-state index is -0.0834. The molecule has 2 aromatic carbocycles. The van der Waals surface area contributed by atoms with Crippen LogP contribution in [0.5, 0.6) is 11.5 Å². The molecule has 0 radical (unpaired) electrons. The maximum absolute atomic E-state index is 12.2. The van der Waals surface area contributed by atoms with Crippen molar-refractivity contribution in [2.45, 2.75) is 13.5 Å². The summed E-state index contributed by atoms with van der Waals surface area (Å²) < 4.78 is 10.7. The van der Waals surface area contributed by atoms with E-state index in [1.165, 1.54) is 5.56 Å². The fraction of sp³-hybridized carbons (Fsp3) is 0.235. The average molecular weight is 298 g/mol. The Balaban J connectivity index is 1.98. The van der Waals surface area contributed by atoms with Crippen molar-refractivity contribution in [2.75, 3.05) is 24.4 Å². The SMILES string of the molecule is COc1cc2c(cc1N)OCC(=O)N2Cc1ccc(C)cc1. The smallest absolute Gasteiger partial charge is 0.265 e. The second-order valence-electron chi connectivity index (χ2n) is 5.32. The summed E-state index contributed by atoms with van der Waals surface area (Å²) in [4.78, 5) is 13.9. The highest BCUT2D eigenvalue weighted by atomic mass is 16.5. The monoisotopic (exact) mass is 298 g/mol. The molecule has 3 rings (SSSR count). The van der Waals surface area contributed by atoms with Crippen LogP contribution in [0.15, 0.2) is 36.4 Å². The van der Waals surface area contributed by atoms with Gasteiger partial charge < -0.3 is 20.1 Å². The number of amides is 1. The number of nitrogen functional groups attached to an aromatic ring is 1. The summed E-state index contributed by atoms with van der Waals surface area (Å²) in [7, 11) is 1.55. The summed E-state index contributed by atoms with van der Waals surface area (Å²) >= 11 is 0. The Morgan fingerprint density at radius 2 is 2.00 bits per heavy atom. The molecular formula is C17H18N2O3. The number of nitrogens with zero attached hydrogens (tertiary/aromatic N) is 1. The Kier molecular flexibility index (Phi) is 3.63. The lowest BCUT2D eigenvalue weighted by molar-refractivity contribution is -0.121. The van der Waals surface area contributed by atoms with E-state index >= 15 is 0 Å². The molecule has 1 aliphatic heterocycles. The van der Waals surface area contributed by atoms with E-state index in [-0.39, 0.29) is 12.5 Å². The van der Waals surface area contributed by atoms with E-state index in [4.69, 9.17) is 15.2 Å². The average Bonchev–Trinajstić information content (AvgIpc) is 2.52. The molecule has 1 amide bonds. The molecule has 5 heteroatoms. The molecule has 0 saturated carbocycles. The number of ether oxygens (including phenoxy) is 2. The van der Waals surface area contributed by atoms with Crippen LogP contribution in [-0.2, 0) is 11.3 Å². The lowest BCUT2D eigenvalue weighted by Crippen LogP contribution is -2.38. The van der Waals surface area contributed by atoms with Crippen LogP contribution in [0.4, 0.5) is 11.4 Å². The first-order valence-corrected chi connectivity index (χ1v) is 7.04. The Hall–Kier alpha value is -2.69. The Bertz CT molecular complexity index is 711. The molecule has 0 bridgehead atoms.